The molecule has 1 aliphatic carbocycles. The lowest BCUT2D eigenvalue weighted by atomic mass is 10.1. The summed E-state index contributed by atoms with van der Waals surface area (Å²) in [6, 6.07) is 17.6. The molecule has 6 nitrogen and oxygen atoms in total. The van der Waals surface area contributed by atoms with Crippen molar-refractivity contribution in [2.75, 3.05) is 11.6 Å². The Kier molecular flexibility index (Phi) is 4.61. The highest BCUT2D eigenvalue weighted by Crippen LogP contribution is 2.35. The predicted octanol–water partition coefficient (Wildman–Crippen LogP) is 3.88. The third kappa shape index (κ3) is 3.32. The monoisotopic (exact) mass is 401 g/mol. The van der Waals surface area contributed by atoms with Gasteiger partial charge in [0.1, 0.15) is 11.5 Å². The van der Waals surface area contributed by atoms with Crippen molar-refractivity contribution >= 4 is 28.5 Å². The first-order chi connectivity index (χ1) is 14.2. The van der Waals surface area contributed by atoms with E-state index in [4.69, 9.17) is 9.97 Å². The maximum absolute atomic E-state index is 10.7. The number of aromatic nitrogens is 4. The van der Waals surface area contributed by atoms with Gasteiger partial charge in [0.25, 0.3) is 0 Å². The van der Waals surface area contributed by atoms with Crippen LogP contribution in [0, 0.1) is 0 Å². The zero-order valence-corrected chi connectivity index (χ0v) is 16.6. The molecule has 0 amide bonds. The molecule has 2 aromatic heterocycles. The van der Waals surface area contributed by atoms with Crippen molar-refractivity contribution < 1.29 is 5.11 Å². The van der Waals surface area contributed by atoms with E-state index in [1.165, 1.54) is 11.8 Å². The largest absolute Gasteiger partial charge is 0.390 e. The smallest absolute Gasteiger partial charge is 0.187 e. The molecule has 1 aliphatic rings. The Labute approximate surface area is 172 Å². The molecule has 7 heteroatoms. The van der Waals surface area contributed by atoms with Crippen molar-refractivity contribution in [2.45, 2.75) is 23.7 Å². The summed E-state index contributed by atoms with van der Waals surface area (Å²) < 4.78 is 0. The molecule has 0 saturated heterocycles. The van der Waals surface area contributed by atoms with Gasteiger partial charge < -0.3 is 10.4 Å². The van der Waals surface area contributed by atoms with Crippen molar-refractivity contribution in [1.29, 1.82) is 0 Å². The molecular weight excluding hydrogens is 382 g/mol. The summed E-state index contributed by atoms with van der Waals surface area (Å²) in [7, 11) is 0. The Balaban J connectivity index is 1.61. The SMILES string of the molecule is CSc1nccc(-c2nc(NC3c4ccccc4C[C@H]3O)c3ccccc3n2)n1. The van der Waals surface area contributed by atoms with Crippen LogP contribution in [-0.4, -0.2) is 37.4 Å². The number of nitrogens with zero attached hydrogens (tertiary/aromatic N) is 4. The van der Waals surface area contributed by atoms with E-state index in [1.807, 2.05) is 48.7 Å². The van der Waals surface area contributed by atoms with Gasteiger partial charge in [-0.05, 0) is 35.6 Å². The minimum atomic E-state index is -0.508. The van der Waals surface area contributed by atoms with Gasteiger partial charge in [-0.25, -0.2) is 19.9 Å². The summed E-state index contributed by atoms with van der Waals surface area (Å²) in [5.41, 5.74) is 3.77. The van der Waals surface area contributed by atoms with Gasteiger partial charge in [-0.1, -0.05) is 48.2 Å². The molecular formula is C22H19N5OS. The fourth-order valence-electron chi connectivity index (χ4n) is 3.76. The van der Waals surface area contributed by atoms with Crippen LogP contribution in [0.2, 0.25) is 0 Å². The summed E-state index contributed by atoms with van der Waals surface area (Å²) in [5, 5.41) is 15.7. The summed E-state index contributed by atoms with van der Waals surface area (Å²) in [5.74, 6) is 1.22. The molecule has 0 saturated carbocycles. The van der Waals surface area contributed by atoms with Crippen LogP contribution in [0.25, 0.3) is 22.4 Å². The van der Waals surface area contributed by atoms with Crippen LogP contribution in [0.1, 0.15) is 17.2 Å². The molecule has 29 heavy (non-hydrogen) atoms. The van der Waals surface area contributed by atoms with E-state index < -0.39 is 6.10 Å². The molecule has 0 spiro atoms. The average Bonchev–Trinajstić information content (AvgIpc) is 3.08. The Morgan fingerprint density at radius 1 is 1.00 bits per heavy atom. The Bertz CT molecular complexity index is 1200. The summed E-state index contributed by atoms with van der Waals surface area (Å²) in [6.07, 6.45) is 3.78. The number of benzene rings is 2. The van der Waals surface area contributed by atoms with Gasteiger partial charge in [-0.15, -0.1) is 0 Å². The quantitative estimate of drug-likeness (QED) is 0.397. The number of aliphatic hydroxyl groups excluding tert-OH is 1. The molecule has 4 aromatic rings. The molecule has 1 unspecified atom stereocenters. The number of hydrogen-bond acceptors (Lipinski definition) is 7. The first kappa shape index (κ1) is 18.0. The van der Waals surface area contributed by atoms with Crippen molar-refractivity contribution in [3.05, 3.63) is 71.9 Å². The van der Waals surface area contributed by atoms with E-state index >= 15 is 0 Å². The second-order valence-corrected chi connectivity index (χ2v) is 7.71. The van der Waals surface area contributed by atoms with E-state index in [9.17, 15) is 5.11 Å². The lowest BCUT2D eigenvalue weighted by Gasteiger charge is -2.20. The molecule has 2 aromatic carbocycles. The number of thioether (sulfide) groups is 1. The number of aliphatic hydroxyl groups is 1. The van der Waals surface area contributed by atoms with E-state index in [0.717, 1.165) is 22.0 Å². The minimum Gasteiger partial charge on any atom is -0.390 e. The van der Waals surface area contributed by atoms with Crippen LogP contribution < -0.4 is 5.32 Å². The van der Waals surface area contributed by atoms with E-state index in [-0.39, 0.29) is 6.04 Å². The van der Waals surface area contributed by atoms with Gasteiger partial charge in [0.05, 0.1) is 17.7 Å². The summed E-state index contributed by atoms with van der Waals surface area (Å²) >= 11 is 1.48. The number of fused-ring (bicyclic) bond motifs is 2. The molecule has 0 aliphatic heterocycles. The third-order valence-electron chi connectivity index (χ3n) is 5.14. The number of nitrogens with one attached hydrogen (secondary N) is 1. The van der Waals surface area contributed by atoms with Gasteiger partial charge in [0.2, 0.25) is 0 Å². The fraction of sp³-hybridized carbons (Fsp3) is 0.182. The van der Waals surface area contributed by atoms with Gasteiger partial charge in [-0.3, -0.25) is 0 Å². The van der Waals surface area contributed by atoms with Gasteiger partial charge in [0.15, 0.2) is 11.0 Å². The van der Waals surface area contributed by atoms with Gasteiger partial charge in [0, 0.05) is 18.0 Å². The van der Waals surface area contributed by atoms with Crippen molar-refractivity contribution in [2.24, 2.45) is 0 Å². The molecule has 2 heterocycles. The lowest BCUT2D eigenvalue weighted by molar-refractivity contribution is 0.165. The number of hydrogen-bond donors (Lipinski definition) is 2. The van der Waals surface area contributed by atoms with Crippen molar-refractivity contribution in [1.82, 2.24) is 19.9 Å². The van der Waals surface area contributed by atoms with E-state index in [0.29, 0.717) is 28.9 Å². The van der Waals surface area contributed by atoms with E-state index in [2.05, 4.69) is 27.4 Å². The number of anilines is 1. The second-order valence-electron chi connectivity index (χ2n) is 6.93. The van der Waals surface area contributed by atoms with Crippen LogP contribution in [-0.2, 0) is 6.42 Å². The third-order valence-corrected chi connectivity index (χ3v) is 5.71. The van der Waals surface area contributed by atoms with Crippen molar-refractivity contribution in [3.8, 4) is 11.5 Å². The molecule has 0 fully saturated rings. The second kappa shape index (κ2) is 7.42. The lowest BCUT2D eigenvalue weighted by Crippen LogP contribution is -2.22. The minimum absolute atomic E-state index is 0.218. The molecule has 0 radical (unpaired) electrons. The number of rotatable bonds is 4. The molecule has 144 valence electrons. The molecule has 0 bridgehead atoms. The predicted molar refractivity (Wildman–Crippen MR) is 115 cm³/mol. The standard InChI is InChI=1S/C22H19N5OS/c1-29-22-23-11-10-17(25-22)21-24-16-9-5-4-8-15(16)20(27-21)26-19-14-7-3-2-6-13(14)12-18(19)28/h2-11,18-19,28H,12H2,1H3,(H,24,26,27)/t18-,19?/m1/s1. The Morgan fingerprint density at radius 3 is 2.72 bits per heavy atom. The highest BCUT2D eigenvalue weighted by atomic mass is 32.2. The highest BCUT2D eigenvalue weighted by Gasteiger charge is 2.31. The zero-order chi connectivity index (χ0) is 19.8. The van der Waals surface area contributed by atoms with Crippen LogP contribution in [0.4, 0.5) is 5.82 Å². The van der Waals surface area contributed by atoms with Crippen molar-refractivity contribution in [3.63, 3.8) is 0 Å². The summed E-state index contributed by atoms with van der Waals surface area (Å²) in [4.78, 5) is 18.3. The molecule has 2 N–H and O–H groups in total. The molecule has 5 rings (SSSR count). The zero-order valence-electron chi connectivity index (χ0n) is 15.8. The Hall–Kier alpha value is -3.03. The topological polar surface area (TPSA) is 83.8 Å². The van der Waals surface area contributed by atoms with Gasteiger partial charge in [-0.2, -0.15) is 0 Å². The maximum Gasteiger partial charge on any atom is 0.187 e. The average molecular weight is 401 g/mol. The maximum atomic E-state index is 10.7. The normalized spacial score (nSPS) is 18.0. The Morgan fingerprint density at radius 2 is 1.83 bits per heavy atom. The van der Waals surface area contributed by atoms with Crippen LogP contribution in [0.15, 0.2) is 66.0 Å². The van der Waals surface area contributed by atoms with Crippen LogP contribution >= 0.6 is 11.8 Å². The first-order valence-electron chi connectivity index (χ1n) is 9.39. The van der Waals surface area contributed by atoms with Gasteiger partial charge >= 0.3 is 0 Å². The summed E-state index contributed by atoms with van der Waals surface area (Å²) in [6.45, 7) is 0. The molecule has 2 atom stereocenters. The highest BCUT2D eigenvalue weighted by molar-refractivity contribution is 7.98. The first-order valence-corrected chi connectivity index (χ1v) is 10.6. The van der Waals surface area contributed by atoms with E-state index in [1.54, 1.807) is 6.20 Å². The van der Waals surface area contributed by atoms with Crippen LogP contribution in [0.3, 0.4) is 0 Å². The number of para-hydroxylation sites is 1. The fourth-order valence-corrected chi connectivity index (χ4v) is 4.12. The van der Waals surface area contributed by atoms with Crippen LogP contribution in [0.5, 0.6) is 0 Å².